The predicted molar refractivity (Wildman–Crippen MR) is 100 cm³/mol. The number of rotatable bonds is 6. The van der Waals surface area contributed by atoms with Crippen LogP contribution in [0.1, 0.15) is 45.4 Å². The fraction of sp³-hybridized carbons (Fsp3) is 0.350. The standard InChI is InChI=1S/C20H23F2N3O/c1-6-9-25-14(4)18(11-24-25)17-8-7-16(19(21)20(17)22)12(2)10-23-13(3)15(5)26/h7-8,10-11H,6,9H2,1-5H3/b12-10+,23-13?. The Labute approximate surface area is 152 Å². The molecule has 0 saturated heterocycles. The number of aryl methyl sites for hydroxylation is 1. The zero-order valence-electron chi connectivity index (χ0n) is 15.7. The fourth-order valence-electron chi connectivity index (χ4n) is 2.56. The minimum absolute atomic E-state index is 0.116. The molecule has 0 aliphatic heterocycles. The van der Waals surface area contributed by atoms with E-state index in [-0.39, 0.29) is 16.9 Å². The number of allylic oxidation sites excluding steroid dienone is 1. The van der Waals surface area contributed by atoms with Crippen molar-refractivity contribution < 1.29 is 13.6 Å². The molecule has 0 aliphatic rings. The van der Waals surface area contributed by atoms with Gasteiger partial charge in [-0.1, -0.05) is 19.1 Å². The SMILES string of the molecule is CCCn1ncc(-c2ccc(/C(C)=C/N=C(C)C(C)=O)c(F)c2F)c1C. The van der Waals surface area contributed by atoms with Crippen molar-refractivity contribution in [3.8, 4) is 11.1 Å². The van der Waals surface area contributed by atoms with Gasteiger partial charge in [0.1, 0.15) is 0 Å². The van der Waals surface area contributed by atoms with Gasteiger partial charge >= 0.3 is 0 Å². The molecule has 4 nitrogen and oxygen atoms in total. The molecule has 0 saturated carbocycles. The molecule has 0 spiro atoms. The highest BCUT2D eigenvalue weighted by molar-refractivity contribution is 6.38. The number of carbonyl (C=O) groups excluding carboxylic acids is 1. The van der Waals surface area contributed by atoms with Gasteiger partial charge in [-0.2, -0.15) is 5.10 Å². The van der Waals surface area contributed by atoms with Gasteiger partial charge in [0.15, 0.2) is 17.4 Å². The van der Waals surface area contributed by atoms with E-state index >= 15 is 0 Å². The van der Waals surface area contributed by atoms with E-state index in [1.165, 1.54) is 19.2 Å². The van der Waals surface area contributed by atoms with Gasteiger partial charge in [0, 0.05) is 42.1 Å². The van der Waals surface area contributed by atoms with Crippen molar-refractivity contribution >= 4 is 17.1 Å². The number of hydrogen-bond acceptors (Lipinski definition) is 3. The van der Waals surface area contributed by atoms with Crippen molar-refractivity contribution in [3.63, 3.8) is 0 Å². The lowest BCUT2D eigenvalue weighted by Crippen LogP contribution is -2.03. The van der Waals surface area contributed by atoms with Crippen LogP contribution in [-0.2, 0) is 11.3 Å². The summed E-state index contributed by atoms with van der Waals surface area (Å²) in [5.74, 6) is -2.02. The van der Waals surface area contributed by atoms with Crippen LogP contribution in [0.4, 0.5) is 8.78 Å². The first-order chi connectivity index (χ1) is 12.3. The van der Waals surface area contributed by atoms with Gasteiger partial charge in [-0.15, -0.1) is 0 Å². The van der Waals surface area contributed by atoms with E-state index in [2.05, 4.69) is 10.1 Å². The molecule has 0 bridgehead atoms. The molecule has 1 aromatic heterocycles. The minimum atomic E-state index is -0.936. The molecule has 0 amide bonds. The summed E-state index contributed by atoms with van der Waals surface area (Å²) in [6.45, 7) is 9.19. The number of nitrogens with zero attached hydrogens (tertiary/aromatic N) is 3. The quantitative estimate of drug-likeness (QED) is 0.685. The number of aliphatic imine (C=N–C) groups is 1. The second-order valence-corrected chi connectivity index (χ2v) is 6.24. The molecule has 0 radical (unpaired) electrons. The molecule has 1 heterocycles. The highest BCUT2D eigenvalue weighted by atomic mass is 19.2. The predicted octanol–water partition coefficient (Wildman–Crippen LogP) is 4.96. The van der Waals surface area contributed by atoms with E-state index in [0.29, 0.717) is 16.8 Å². The van der Waals surface area contributed by atoms with Crippen molar-refractivity contribution in [2.75, 3.05) is 0 Å². The molecule has 2 rings (SSSR count). The maximum atomic E-state index is 14.7. The van der Waals surface area contributed by atoms with Gasteiger partial charge in [0.2, 0.25) is 0 Å². The maximum Gasteiger partial charge on any atom is 0.173 e. The molecule has 6 heteroatoms. The Morgan fingerprint density at radius 2 is 1.88 bits per heavy atom. The van der Waals surface area contributed by atoms with Crippen LogP contribution in [0, 0.1) is 18.6 Å². The van der Waals surface area contributed by atoms with Crippen molar-refractivity contribution in [3.05, 3.63) is 47.4 Å². The lowest BCUT2D eigenvalue weighted by atomic mass is 10.0. The summed E-state index contributed by atoms with van der Waals surface area (Å²) in [4.78, 5) is 15.2. The average molecular weight is 359 g/mol. The summed E-state index contributed by atoms with van der Waals surface area (Å²) in [7, 11) is 0. The van der Waals surface area contributed by atoms with Gasteiger partial charge in [-0.25, -0.2) is 8.78 Å². The van der Waals surface area contributed by atoms with Gasteiger partial charge in [-0.3, -0.25) is 14.5 Å². The first-order valence-electron chi connectivity index (χ1n) is 8.51. The molecule has 0 fully saturated rings. The van der Waals surface area contributed by atoms with Crippen LogP contribution in [0.25, 0.3) is 16.7 Å². The van der Waals surface area contributed by atoms with Crippen molar-refractivity contribution in [2.45, 2.75) is 47.6 Å². The number of halogens is 2. The van der Waals surface area contributed by atoms with Crippen LogP contribution in [0.2, 0.25) is 0 Å². The van der Waals surface area contributed by atoms with Crippen LogP contribution in [0.3, 0.4) is 0 Å². The van der Waals surface area contributed by atoms with Crippen molar-refractivity contribution in [1.29, 1.82) is 0 Å². The summed E-state index contributed by atoms with van der Waals surface area (Å²) in [6.07, 6.45) is 3.84. The summed E-state index contributed by atoms with van der Waals surface area (Å²) in [5.41, 5.74) is 2.42. The molecule has 0 atom stereocenters. The van der Waals surface area contributed by atoms with E-state index in [1.807, 2.05) is 13.8 Å². The summed E-state index contributed by atoms with van der Waals surface area (Å²) >= 11 is 0. The third-order valence-corrected chi connectivity index (χ3v) is 4.30. The van der Waals surface area contributed by atoms with Crippen LogP contribution >= 0.6 is 0 Å². The smallest absolute Gasteiger partial charge is 0.173 e. The summed E-state index contributed by atoms with van der Waals surface area (Å²) < 4.78 is 31.1. The molecule has 2 aromatic rings. The first-order valence-corrected chi connectivity index (χ1v) is 8.51. The largest absolute Gasteiger partial charge is 0.293 e. The van der Waals surface area contributed by atoms with Gasteiger partial charge in [0.05, 0.1) is 11.9 Å². The number of benzene rings is 1. The normalized spacial score (nSPS) is 12.6. The Morgan fingerprint density at radius 1 is 1.19 bits per heavy atom. The number of hydrogen-bond donors (Lipinski definition) is 0. The fourth-order valence-corrected chi connectivity index (χ4v) is 2.56. The molecule has 0 N–H and O–H groups in total. The van der Waals surface area contributed by atoms with E-state index in [0.717, 1.165) is 18.7 Å². The second-order valence-electron chi connectivity index (χ2n) is 6.24. The number of Topliss-reactive ketones (excluding diaryl/α,β-unsaturated/α-hetero) is 1. The lowest BCUT2D eigenvalue weighted by Gasteiger charge is -2.09. The minimum Gasteiger partial charge on any atom is -0.293 e. The third kappa shape index (κ3) is 3.95. The second kappa shape index (κ2) is 8.17. The Morgan fingerprint density at radius 3 is 2.50 bits per heavy atom. The van der Waals surface area contributed by atoms with Crippen LogP contribution in [-0.4, -0.2) is 21.3 Å². The molecule has 26 heavy (non-hydrogen) atoms. The molecule has 138 valence electrons. The Hall–Kier alpha value is -2.63. The molecular formula is C20H23F2N3O. The third-order valence-electron chi connectivity index (χ3n) is 4.30. The topological polar surface area (TPSA) is 47.2 Å². The van der Waals surface area contributed by atoms with E-state index in [4.69, 9.17) is 0 Å². The zero-order valence-corrected chi connectivity index (χ0v) is 15.7. The molecular weight excluding hydrogens is 336 g/mol. The van der Waals surface area contributed by atoms with Gasteiger partial charge < -0.3 is 0 Å². The van der Waals surface area contributed by atoms with Crippen LogP contribution in [0.15, 0.2) is 29.5 Å². The van der Waals surface area contributed by atoms with E-state index in [1.54, 1.807) is 30.8 Å². The molecule has 0 unspecified atom stereocenters. The van der Waals surface area contributed by atoms with Crippen molar-refractivity contribution in [1.82, 2.24) is 9.78 Å². The monoisotopic (exact) mass is 359 g/mol. The average Bonchev–Trinajstić information content (AvgIpc) is 2.95. The van der Waals surface area contributed by atoms with Gasteiger partial charge in [-0.05, 0) is 32.8 Å². The number of ketones is 1. The Balaban J connectivity index is 2.45. The number of carbonyl (C=O) groups is 1. The number of aromatic nitrogens is 2. The Kier molecular flexibility index (Phi) is 6.18. The first kappa shape index (κ1) is 19.7. The van der Waals surface area contributed by atoms with E-state index < -0.39 is 11.6 Å². The lowest BCUT2D eigenvalue weighted by molar-refractivity contribution is -0.111. The highest BCUT2D eigenvalue weighted by Gasteiger charge is 2.18. The van der Waals surface area contributed by atoms with Crippen LogP contribution < -0.4 is 0 Å². The maximum absolute atomic E-state index is 14.7. The summed E-state index contributed by atoms with van der Waals surface area (Å²) in [6, 6.07) is 3.07. The Bertz CT molecular complexity index is 895. The summed E-state index contributed by atoms with van der Waals surface area (Å²) in [5, 5.41) is 4.24. The van der Waals surface area contributed by atoms with Crippen molar-refractivity contribution in [2.24, 2.45) is 4.99 Å². The molecule has 0 aliphatic carbocycles. The van der Waals surface area contributed by atoms with E-state index in [9.17, 15) is 13.6 Å². The highest BCUT2D eigenvalue weighted by Crippen LogP contribution is 2.31. The van der Waals surface area contributed by atoms with Gasteiger partial charge in [0.25, 0.3) is 0 Å². The molecule has 1 aromatic carbocycles. The van der Waals surface area contributed by atoms with Crippen LogP contribution in [0.5, 0.6) is 0 Å². The zero-order chi connectivity index (χ0) is 19.4.